The molecule has 21 heavy (non-hydrogen) atoms. The standard InChI is InChI=1S/C16H19N3O2/c1-12-4-3-5-15(13(12)2)18-6-8-19(9-7-18)16(20)14-10-17-21-11-14/h3-5,10-11H,6-9H2,1-2H3. The van der Waals surface area contributed by atoms with Gasteiger partial charge in [-0.05, 0) is 31.0 Å². The Hall–Kier alpha value is -2.30. The second-order valence-corrected chi connectivity index (χ2v) is 5.41. The zero-order valence-electron chi connectivity index (χ0n) is 12.4. The van der Waals surface area contributed by atoms with Crippen molar-refractivity contribution in [3.05, 3.63) is 47.3 Å². The first-order valence-corrected chi connectivity index (χ1v) is 7.16. The number of anilines is 1. The molecule has 1 aliphatic heterocycles. The Bertz CT molecular complexity index is 629. The number of piperazine rings is 1. The van der Waals surface area contributed by atoms with Gasteiger partial charge in [0, 0.05) is 31.9 Å². The van der Waals surface area contributed by atoms with Crippen molar-refractivity contribution in [2.24, 2.45) is 0 Å². The molecule has 1 aromatic carbocycles. The van der Waals surface area contributed by atoms with Crippen molar-refractivity contribution in [3.8, 4) is 0 Å². The van der Waals surface area contributed by atoms with Crippen LogP contribution >= 0.6 is 0 Å². The average Bonchev–Trinajstić information content (AvgIpc) is 3.04. The molecule has 0 saturated carbocycles. The molecule has 0 radical (unpaired) electrons. The topological polar surface area (TPSA) is 49.6 Å². The maximum atomic E-state index is 12.2. The van der Waals surface area contributed by atoms with Crippen LogP contribution in [0, 0.1) is 13.8 Å². The van der Waals surface area contributed by atoms with Gasteiger partial charge in [-0.3, -0.25) is 4.79 Å². The number of rotatable bonds is 2. The summed E-state index contributed by atoms with van der Waals surface area (Å²) >= 11 is 0. The molecule has 0 unspecified atom stereocenters. The van der Waals surface area contributed by atoms with Crippen LogP contribution in [-0.2, 0) is 0 Å². The third-order valence-corrected chi connectivity index (χ3v) is 4.16. The molecule has 1 aromatic heterocycles. The maximum absolute atomic E-state index is 12.2. The molecule has 0 atom stereocenters. The number of hydrogen-bond donors (Lipinski definition) is 0. The van der Waals surface area contributed by atoms with Gasteiger partial charge in [0.15, 0.2) is 0 Å². The minimum Gasteiger partial charge on any atom is -0.368 e. The number of nitrogens with zero attached hydrogens (tertiary/aromatic N) is 3. The third kappa shape index (κ3) is 2.63. The Morgan fingerprint density at radius 1 is 1.19 bits per heavy atom. The quantitative estimate of drug-likeness (QED) is 0.849. The van der Waals surface area contributed by atoms with Gasteiger partial charge in [0.1, 0.15) is 6.26 Å². The predicted molar refractivity (Wildman–Crippen MR) is 80.5 cm³/mol. The zero-order chi connectivity index (χ0) is 14.8. The Morgan fingerprint density at radius 2 is 1.95 bits per heavy atom. The fourth-order valence-corrected chi connectivity index (χ4v) is 2.72. The van der Waals surface area contributed by atoms with E-state index in [0.29, 0.717) is 5.56 Å². The molecule has 110 valence electrons. The largest absolute Gasteiger partial charge is 0.368 e. The Kier molecular flexibility index (Phi) is 3.64. The lowest BCUT2D eigenvalue weighted by molar-refractivity contribution is 0.0746. The first kappa shape index (κ1) is 13.7. The summed E-state index contributed by atoms with van der Waals surface area (Å²) in [6.45, 7) is 7.42. The van der Waals surface area contributed by atoms with Crippen LogP contribution in [0.15, 0.2) is 35.2 Å². The van der Waals surface area contributed by atoms with Gasteiger partial charge in [-0.2, -0.15) is 0 Å². The molecule has 1 saturated heterocycles. The SMILES string of the molecule is Cc1cccc(N2CCN(C(=O)c3cnoc3)CC2)c1C. The van der Waals surface area contributed by atoms with Crippen LogP contribution in [0.4, 0.5) is 5.69 Å². The van der Waals surface area contributed by atoms with E-state index >= 15 is 0 Å². The molecule has 0 N–H and O–H groups in total. The monoisotopic (exact) mass is 285 g/mol. The van der Waals surface area contributed by atoms with Crippen LogP contribution in [0.3, 0.4) is 0 Å². The minimum absolute atomic E-state index is 0.00290. The first-order chi connectivity index (χ1) is 10.2. The lowest BCUT2D eigenvalue weighted by Crippen LogP contribution is -2.49. The molecule has 1 fully saturated rings. The smallest absolute Gasteiger partial charge is 0.258 e. The number of hydrogen-bond acceptors (Lipinski definition) is 4. The highest BCUT2D eigenvalue weighted by molar-refractivity contribution is 5.93. The van der Waals surface area contributed by atoms with Crippen molar-refractivity contribution >= 4 is 11.6 Å². The fraction of sp³-hybridized carbons (Fsp3) is 0.375. The highest BCUT2D eigenvalue weighted by Crippen LogP contribution is 2.24. The Labute approximate surface area is 124 Å². The summed E-state index contributed by atoms with van der Waals surface area (Å²) < 4.78 is 4.74. The minimum atomic E-state index is -0.00290. The van der Waals surface area contributed by atoms with Crippen molar-refractivity contribution in [3.63, 3.8) is 0 Å². The van der Waals surface area contributed by atoms with E-state index in [1.165, 1.54) is 29.3 Å². The van der Waals surface area contributed by atoms with Gasteiger partial charge in [-0.25, -0.2) is 0 Å². The molecule has 5 nitrogen and oxygen atoms in total. The van der Waals surface area contributed by atoms with E-state index in [-0.39, 0.29) is 5.91 Å². The molecule has 3 rings (SSSR count). The summed E-state index contributed by atoms with van der Waals surface area (Å²) in [5.74, 6) is -0.00290. The molecular formula is C16H19N3O2. The number of amides is 1. The van der Waals surface area contributed by atoms with E-state index < -0.39 is 0 Å². The summed E-state index contributed by atoms with van der Waals surface area (Å²) in [6.07, 6.45) is 2.87. The highest BCUT2D eigenvalue weighted by Gasteiger charge is 2.23. The van der Waals surface area contributed by atoms with Crippen LogP contribution in [0.5, 0.6) is 0 Å². The average molecular weight is 285 g/mol. The van der Waals surface area contributed by atoms with Gasteiger partial charge >= 0.3 is 0 Å². The van der Waals surface area contributed by atoms with Crippen LogP contribution in [-0.4, -0.2) is 42.1 Å². The highest BCUT2D eigenvalue weighted by atomic mass is 16.5. The number of aryl methyl sites for hydroxylation is 1. The van der Waals surface area contributed by atoms with Gasteiger partial charge in [0.25, 0.3) is 5.91 Å². The van der Waals surface area contributed by atoms with Gasteiger partial charge in [-0.15, -0.1) is 0 Å². The molecule has 2 heterocycles. The number of benzene rings is 1. The number of carbonyl (C=O) groups is 1. The zero-order valence-corrected chi connectivity index (χ0v) is 12.4. The van der Waals surface area contributed by atoms with E-state index in [2.05, 4.69) is 42.1 Å². The molecule has 1 amide bonds. The lowest BCUT2D eigenvalue weighted by Gasteiger charge is -2.36. The summed E-state index contributed by atoms with van der Waals surface area (Å²) in [7, 11) is 0. The second-order valence-electron chi connectivity index (χ2n) is 5.41. The molecule has 0 spiro atoms. The van der Waals surface area contributed by atoms with E-state index in [1.54, 1.807) is 0 Å². The Morgan fingerprint density at radius 3 is 2.62 bits per heavy atom. The maximum Gasteiger partial charge on any atom is 0.258 e. The van der Waals surface area contributed by atoms with Crippen molar-refractivity contribution in [1.29, 1.82) is 0 Å². The fourth-order valence-electron chi connectivity index (χ4n) is 2.72. The predicted octanol–water partition coefficient (Wildman–Crippen LogP) is 2.25. The molecule has 0 bridgehead atoms. The molecule has 1 aliphatic rings. The van der Waals surface area contributed by atoms with Crippen LogP contribution in [0.25, 0.3) is 0 Å². The summed E-state index contributed by atoms with van der Waals surface area (Å²) in [5, 5.41) is 3.59. The van der Waals surface area contributed by atoms with Crippen LogP contribution < -0.4 is 4.90 Å². The lowest BCUT2D eigenvalue weighted by atomic mass is 10.1. The van der Waals surface area contributed by atoms with Gasteiger partial charge in [-0.1, -0.05) is 17.3 Å². The summed E-state index contributed by atoms with van der Waals surface area (Å²) in [6, 6.07) is 6.37. The van der Waals surface area contributed by atoms with E-state index in [0.717, 1.165) is 26.2 Å². The van der Waals surface area contributed by atoms with Gasteiger partial charge in [0.05, 0.1) is 11.8 Å². The van der Waals surface area contributed by atoms with Crippen LogP contribution in [0.1, 0.15) is 21.5 Å². The summed E-state index contributed by atoms with van der Waals surface area (Å²) in [5.41, 5.74) is 4.41. The van der Waals surface area contributed by atoms with Crippen LogP contribution in [0.2, 0.25) is 0 Å². The van der Waals surface area contributed by atoms with E-state index in [9.17, 15) is 4.79 Å². The molecular weight excluding hydrogens is 266 g/mol. The van der Waals surface area contributed by atoms with Crippen molar-refractivity contribution < 1.29 is 9.32 Å². The number of aromatic nitrogens is 1. The van der Waals surface area contributed by atoms with E-state index in [4.69, 9.17) is 4.52 Å². The van der Waals surface area contributed by atoms with Crippen molar-refractivity contribution in [2.45, 2.75) is 13.8 Å². The van der Waals surface area contributed by atoms with Gasteiger partial charge < -0.3 is 14.3 Å². The second kappa shape index (κ2) is 5.60. The summed E-state index contributed by atoms with van der Waals surface area (Å²) in [4.78, 5) is 16.4. The molecule has 2 aromatic rings. The van der Waals surface area contributed by atoms with Crippen molar-refractivity contribution in [2.75, 3.05) is 31.1 Å². The molecule has 0 aliphatic carbocycles. The third-order valence-electron chi connectivity index (χ3n) is 4.16. The molecule has 5 heteroatoms. The normalized spacial score (nSPS) is 15.3. The first-order valence-electron chi connectivity index (χ1n) is 7.16. The number of carbonyl (C=O) groups excluding carboxylic acids is 1. The van der Waals surface area contributed by atoms with Gasteiger partial charge in [0.2, 0.25) is 0 Å². The van der Waals surface area contributed by atoms with E-state index in [1.807, 2.05) is 4.90 Å². The Balaban J connectivity index is 1.68. The van der Waals surface area contributed by atoms with Crippen molar-refractivity contribution in [1.82, 2.24) is 10.1 Å².